The second-order valence-corrected chi connectivity index (χ2v) is 7.01. The molecule has 0 bridgehead atoms. The zero-order chi connectivity index (χ0) is 19.8. The van der Waals surface area contributed by atoms with E-state index in [4.69, 9.17) is 9.47 Å². The Kier molecular flexibility index (Phi) is 10.4. The van der Waals surface area contributed by atoms with E-state index in [2.05, 4.69) is 15.6 Å². The van der Waals surface area contributed by atoms with Gasteiger partial charge in [0.2, 0.25) is 5.91 Å². The molecule has 2 rings (SSSR count). The molecule has 0 aliphatic carbocycles. The number of hydrogen-bond acceptors (Lipinski definition) is 4. The molecule has 1 aromatic rings. The number of carbonyl (C=O) groups is 1. The first-order valence-corrected chi connectivity index (χ1v) is 9.45. The van der Waals surface area contributed by atoms with Crippen LogP contribution in [-0.2, 0) is 11.2 Å². The molecule has 8 heteroatoms. The summed E-state index contributed by atoms with van der Waals surface area (Å²) in [5.74, 6) is 2.49. The summed E-state index contributed by atoms with van der Waals surface area (Å²) >= 11 is 0. The molecular formula is C20H33IN4O3. The lowest BCUT2D eigenvalue weighted by molar-refractivity contribution is -0.133. The van der Waals surface area contributed by atoms with Gasteiger partial charge in [0.1, 0.15) is 0 Å². The first kappa shape index (κ1) is 24.3. The van der Waals surface area contributed by atoms with Crippen LogP contribution in [0.4, 0.5) is 0 Å². The Labute approximate surface area is 185 Å². The SMILES string of the molecule is CN=C(NCCc1ccc(OC)c(OC)c1)NC1CCN(C(=O)C(C)C)C1.I. The maximum absolute atomic E-state index is 12.1. The highest BCUT2D eigenvalue weighted by Crippen LogP contribution is 2.27. The average Bonchev–Trinajstić information content (AvgIpc) is 3.14. The molecule has 1 amide bonds. The van der Waals surface area contributed by atoms with Crippen LogP contribution in [0.3, 0.4) is 0 Å². The van der Waals surface area contributed by atoms with Crippen LogP contribution >= 0.6 is 24.0 Å². The highest BCUT2D eigenvalue weighted by molar-refractivity contribution is 14.0. The Balaban J connectivity index is 0.00000392. The number of guanidine groups is 1. The number of hydrogen-bond donors (Lipinski definition) is 2. The van der Waals surface area contributed by atoms with Gasteiger partial charge in [0.15, 0.2) is 17.5 Å². The predicted octanol–water partition coefficient (Wildman–Crippen LogP) is 2.29. The zero-order valence-electron chi connectivity index (χ0n) is 17.4. The van der Waals surface area contributed by atoms with Crippen molar-refractivity contribution in [3.63, 3.8) is 0 Å². The number of rotatable bonds is 7. The van der Waals surface area contributed by atoms with Gasteiger partial charge in [-0.05, 0) is 30.5 Å². The fourth-order valence-corrected chi connectivity index (χ4v) is 3.19. The Hall–Kier alpha value is -1.71. The number of halogens is 1. The summed E-state index contributed by atoms with van der Waals surface area (Å²) in [5, 5.41) is 6.76. The number of likely N-dealkylation sites (tertiary alicyclic amines) is 1. The van der Waals surface area contributed by atoms with E-state index < -0.39 is 0 Å². The molecule has 1 saturated heterocycles. The monoisotopic (exact) mass is 504 g/mol. The van der Waals surface area contributed by atoms with E-state index >= 15 is 0 Å². The maximum atomic E-state index is 12.1. The number of ether oxygens (including phenoxy) is 2. The van der Waals surface area contributed by atoms with Gasteiger partial charge in [-0.3, -0.25) is 9.79 Å². The maximum Gasteiger partial charge on any atom is 0.225 e. The normalized spacial score (nSPS) is 16.6. The summed E-state index contributed by atoms with van der Waals surface area (Å²) in [7, 11) is 5.03. The average molecular weight is 504 g/mol. The predicted molar refractivity (Wildman–Crippen MR) is 123 cm³/mol. The lowest BCUT2D eigenvalue weighted by Gasteiger charge is -2.20. The van der Waals surface area contributed by atoms with Crippen molar-refractivity contribution in [2.45, 2.75) is 32.7 Å². The summed E-state index contributed by atoms with van der Waals surface area (Å²) in [4.78, 5) is 18.3. The van der Waals surface area contributed by atoms with Crippen molar-refractivity contribution in [3.8, 4) is 11.5 Å². The number of methoxy groups -OCH3 is 2. The first-order chi connectivity index (χ1) is 13.0. The van der Waals surface area contributed by atoms with E-state index in [1.54, 1.807) is 21.3 Å². The van der Waals surface area contributed by atoms with Crippen LogP contribution in [0.15, 0.2) is 23.2 Å². The number of benzene rings is 1. The lowest BCUT2D eigenvalue weighted by Crippen LogP contribution is -2.45. The molecule has 1 aromatic carbocycles. The highest BCUT2D eigenvalue weighted by Gasteiger charge is 2.27. The smallest absolute Gasteiger partial charge is 0.225 e. The van der Waals surface area contributed by atoms with Crippen molar-refractivity contribution in [1.82, 2.24) is 15.5 Å². The topological polar surface area (TPSA) is 75.2 Å². The molecular weight excluding hydrogens is 471 g/mol. The lowest BCUT2D eigenvalue weighted by atomic mass is 10.1. The molecule has 0 radical (unpaired) electrons. The van der Waals surface area contributed by atoms with Crippen LogP contribution in [0, 0.1) is 5.92 Å². The molecule has 0 aromatic heterocycles. The zero-order valence-corrected chi connectivity index (χ0v) is 19.8. The minimum atomic E-state index is 0. The fourth-order valence-electron chi connectivity index (χ4n) is 3.19. The largest absolute Gasteiger partial charge is 0.493 e. The van der Waals surface area contributed by atoms with Crippen LogP contribution in [0.2, 0.25) is 0 Å². The van der Waals surface area contributed by atoms with Crippen molar-refractivity contribution in [1.29, 1.82) is 0 Å². The Morgan fingerprint density at radius 2 is 2.00 bits per heavy atom. The third kappa shape index (κ3) is 6.72. The van der Waals surface area contributed by atoms with Crippen molar-refractivity contribution in [2.75, 3.05) is 40.9 Å². The summed E-state index contributed by atoms with van der Waals surface area (Å²) in [5.41, 5.74) is 1.16. The van der Waals surface area contributed by atoms with Gasteiger partial charge in [0.25, 0.3) is 0 Å². The number of nitrogens with zero attached hydrogens (tertiary/aromatic N) is 2. The molecule has 1 fully saturated rings. The van der Waals surface area contributed by atoms with Gasteiger partial charge in [-0.1, -0.05) is 19.9 Å². The van der Waals surface area contributed by atoms with Crippen molar-refractivity contribution in [3.05, 3.63) is 23.8 Å². The molecule has 0 spiro atoms. The van der Waals surface area contributed by atoms with Gasteiger partial charge in [0.05, 0.1) is 14.2 Å². The molecule has 7 nitrogen and oxygen atoms in total. The third-order valence-corrected chi connectivity index (χ3v) is 4.71. The van der Waals surface area contributed by atoms with E-state index in [1.807, 2.05) is 36.9 Å². The van der Waals surface area contributed by atoms with Crippen LogP contribution in [-0.4, -0.2) is 63.7 Å². The van der Waals surface area contributed by atoms with Gasteiger partial charge in [-0.25, -0.2) is 0 Å². The van der Waals surface area contributed by atoms with Gasteiger partial charge in [-0.15, -0.1) is 24.0 Å². The van der Waals surface area contributed by atoms with Gasteiger partial charge >= 0.3 is 0 Å². The Morgan fingerprint density at radius 3 is 2.61 bits per heavy atom. The molecule has 1 heterocycles. The van der Waals surface area contributed by atoms with Crippen molar-refractivity contribution < 1.29 is 14.3 Å². The molecule has 2 N–H and O–H groups in total. The summed E-state index contributed by atoms with van der Waals surface area (Å²) in [6.07, 6.45) is 1.78. The van der Waals surface area contributed by atoms with E-state index in [0.717, 1.165) is 55.5 Å². The Bertz CT molecular complexity index is 667. The minimum Gasteiger partial charge on any atom is -0.493 e. The highest BCUT2D eigenvalue weighted by atomic mass is 127. The second kappa shape index (κ2) is 12.0. The minimum absolute atomic E-state index is 0. The van der Waals surface area contributed by atoms with Gasteiger partial charge < -0.3 is 25.0 Å². The molecule has 1 aliphatic rings. The number of aliphatic imine (C=N–C) groups is 1. The second-order valence-electron chi connectivity index (χ2n) is 7.01. The third-order valence-electron chi connectivity index (χ3n) is 4.71. The van der Waals surface area contributed by atoms with E-state index in [9.17, 15) is 4.79 Å². The number of carbonyl (C=O) groups excluding carboxylic acids is 1. The summed E-state index contributed by atoms with van der Waals surface area (Å²) < 4.78 is 10.6. The molecule has 158 valence electrons. The molecule has 28 heavy (non-hydrogen) atoms. The van der Waals surface area contributed by atoms with Gasteiger partial charge in [0, 0.05) is 38.6 Å². The standard InChI is InChI=1S/C20H32N4O3.HI/c1-14(2)19(25)24-11-9-16(13-24)23-20(21-3)22-10-8-15-6-7-17(26-4)18(12-15)27-5;/h6-7,12,14,16H,8-11,13H2,1-5H3,(H2,21,22,23);1H. The van der Waals surface area contributed by atoms with E-state index in [-0.39, 0.29) is 41.8 Å². The van der Waals surface area contributed by atoms with Crippen LogP contribution in [0.1, 0.15) is 25.8 Å². The fraction of sp³-hybridized carbons (Fsp3) is 0.600. The van der Waals surface area contributed by atoms with Gasteiger partial charge in [-0.2, -0.15) is 0 Å². The first-order valence-electron chi connectivity index (χ1n) is 9.45. The molecule has 1 atom stereocenters. The number of nitrogens with one attached hydrogen (secondary N) is 2. The molecule has 1 unspecified atom stereocenters. The quantitative estimate of drug-likeness (QED) is 0.339. The summed E-state index contributed by atoms with van der Waals surface area (Å²) in [6.45, 7) is 6.16. The van der Waals surface area contributed by atoms with Crippen LogP contribution in [0.25, 0.3) is 0 Å². The van der Waals surface area contributed by atoms with Crippen LogP contribution in [0.5, 0.6) is 11.5 Å². The number of amides is 1. The van der Waals surface area contributed by atoms with E-state index in [0.29, 0.717) is 0 Å². The summed E-state index contributed by atoms with van der Waals surface area (Å²) in [6, 6.07) is 6.18. The Morgan fingerprint density at radius 1 is 1.29 bits per heavy atom. The van der Waals surface area contributed by atoms with Crippen molar-refractivity contribution in [2.24, 2.45) is 10.9 Å². The van der Waals surface area contributed by atoms with Crippen LogP contribution < -0.4 is 20.1 Å². The molecule has 0 saturated carbocycles. The van der Waals surface area contributed by atoms with E-state index in [1.165, 1.54) is 0 Å². The van der Waals surface area contributed by atoms with Crippen molar-refractivity contribution >= 4 is 35.8 Å². The molecule has 1 aliphatic heterocycles.